The molecular formula is C36H42FeNOP. The fraction of sp³-hybridized carbons (Fsp3) is 0.278. The number of rotatable bonds is 10. The number of hydrogen-bond acceptors (Lipinski definition) is 2. The second-order valence-electron chi connectivity index (χ2n) is 10.4. The van der Waals surface area contributed by atoms with Crippen molar-refractivity contribution < 1.29 is 21.8 Å². The van der Waals surface area contributed by atoms with Crippen molar-refractivity contribution in [3.8, 4) is 0 Å². The van der Waals surface area contributed by atoms with Crippen molar-refractivity contribution in [3.63, 3.8) is 0 Å². The first-order valence-electron chi connectivity index (χ1n) is 13.7. The van der Waals surface area contributed by atoms with Crippen LogP contribution in [0, 0.1) is 19.8 Å². The topological polar surface area (TPSA) is 12.5 Å². The van der Waals surface area contributed by atoms with Gasteiger partial charge in [-0.3, -0.25) is 0 Å². The molecule has 0 saturated heterocycles. The van der Waals surface area contributed by atoms with Crippen LogP contribution < -0.4 is 10.6 Å². The third kappa shape index (κ3) is 7.33. The summed E-state index contributed by atoms with van der Waals surface area (Å²) in [5.74, 6) is 1.01. The van der Waals surface area contributed by atoms with Gasteiger partial charge in [-0.15, -0.1) is 5.66 Å². The van der Waals surface area contributed by atoms with Crippen molar-refractivity contribution in [2.75, 3.05) is 20.7 Å². The largest absolute Gasteiger partial charge is 2.00 e. The number of methoxy groups -OCH3 is 1. The monoisotopic (exact) mass is 591 g/mol. The molecule has 4 aromatic rings. The summed E-state index contributed by atoms with van der Waals surface area (Å²) >= 11 is 0. The van der Waals surface area contributed by atoms with Crippen LogP contribution >= 0.6 is 7.92 Å². The first-order valence-corrected chi connectivity index (χ1v) is 15.1. The molecule has 4 aromatic carbocycles. The van der Waals surface area contributed by atoms with E-state index in [2.05, 4.69) is 147 Å². The summed E-state index contributed by atoms with van der Waals surface area (Å²) in [6, 6.07) is 44.5. The standard InChI is InChI=1S/C35H39NOP.CH3.Fe/c1-27(35(37-3)29-18-10-5-11-19-29)36(2)26-33-32(28-16-8-4-9-17-28)24-25-34(33)38(30-20-12-6-13-21-30)31-22-14-7-15-23-31;;/h4-23,25,27,32-35H,24,26H2,1-3H3;1H3;/q2*-1;+2/t27-,32?,33?,34?,35-;;/m0../s1. The summed E-state index contributed by atoms with van der Waals surface area (Å²) in [7, 11) is 3.59. The fourth-order valence-electron chi connectivity index (χ4n) is 6.14. The van der Waals surface area contributed by atoms with Crippen LogP contribution in [-0.2, 0) is 21.8 Å². The van der Waals surface area contributed by atoms with Crippen LogP contribution in [0.1, 0.15) is 36.5 Å². The summed E-state index contributed by atoms with van der Waals surface area (Å²) in [4.78, 5) is 2.54. The Morgan fingerprint density at radius 3 is 1.77 bits per heavy atom. The molecule has 1 aliphatic rings. The van der Waals surface area contributed by atoms with Gasteiger partial charge >= 0.3 is 17.1 Å². The summed E-state index contributed by atoms with van der Waals surface area (Å²) in [6.07, 6.45) is 3.80. The van der Waals surface area contributed by atoms with Crippen LogP contribution in [0.15, 0.2) is 121 Å². The van der Waals surface area contributed by atoms with E-state index in [9.17, 15) is 0 Å². The second kappa shape index (κ2) is 15.7. The minimum atomic E-state index is -0.534. The Morgan fingerprint density at radius 1 is 0.800 bits per heavy atom. The van der Waals surface area contributed by atoms with Gasteiger partial charge in [0.15, 0.2) is 0 Å². The molecule has 0 aliphatic heterocycles. The molecule has 1 aliphatic carbocycles. The Hall–Kier alpha value is -2.25. The molecule has 1 saturated carbocycles. The zero-order chi connectivity index (χ0) is 26.3. The molecule has 0 aromatic heterocycles. The Morgan fingerprint density at radius 2 is 1.27 bits per heavy atom. The van der Waals surface area contributed by atoms with Gasteiger partial charge in [-0.25, -0.2) is 0 Å². The number of hydrogen-bond donors (Lipinski definition) is 0. The van der Waals surface area contributed by atoms with Crippen molar-refractivity contribution in [3.05, 3.63) is 146 Å². The molecule has 0 bridgehead atoms. The molecule has 210 valence electrons. The summed E-state index contributed by atoms with van der Waals surface area (Å²) < 4.78 is 6.06. The average molecular weight is 592 g/mol. The van der Waals surface area contributed by atoms with Crippen molar-refractivity contribution in [1.29, 1.82) is 0 Å². The van der Waals surface area contributed by atoms with Crippen molar-refractivity contribution in [2.24, 2.45) is 5.92 Å². The van der Waals surface area contributed by atoms with Gasteiger partial charge in [0.25, 0.3) is 0 Å². The van der Waals surface area contributed by atoms with E-state index < -0.39 is 7.92 Å². The Labute approximate surface area is 254 Å². The van der Waals surface area contributed by atoms with Gasteiger partial charge in [-0.1, -0.05) is 129 Å². The van der Waals surface area contributed by atoms with Gasteiger partial charge in [0.05, 0.1) is 6.10 Å². The van der Waals surface area contributed by atoms with Crippen molar-refractivity contribution in [2.45, 2.75) is 37.1 Å². The van der Waals surface area contributed by atoms with E-state index in [4.69, 9.17) is 4.74 Å². The number of nitrogens with zero attached hydrogens (tertiary/aromatic N) is 1. The Balaban J connectivity index is 0.00000220. The van der Waals surface area contributed by atoms with E-state index in [1.807, 2.05) is 7.11 Å². The number of benzene rings is 4. The van der Waals surface area contributed by atoms with Gasteiger partial charge < -0.3 is 23.5 Å². The molecule has 4 heteroatoms. The third-order valence-corrected chi connectivity index (χ3v) is 11.1. The van der Waals surface area contributed by atoms with Gasteiger partial charge in [0.1, 0.15) is 0 Å². The maximum Gasteiger partial charge on any atom is 2.00 e. The first kappa shape index (κ1) is 32.3. The van der Waals surface area contributed by atoms with Crippen LogP contribution in [-0.4, -0.2) is 37.3 Å². The van der Waals surface area contributed by atoms with Crippen LogP contribution in [0.4, 0.5) is 0 Å². The van der Waals surface area contributed by atoms with E-state index in [0.29, 0.717) is 17.5 Å². The molecule has 3 unspecified atom stereocenters. The van der Waals surface area contributed by atoms with Gasteiger partial charge in [0.2, 0.25) is 0 Å². The zero-order valence-corrected chi connectivity index (χ0v) is 26.1. The zero-order valence-electron chi connectivity index (χ0n) is 24.1. The molecule has 0 heterocycles. The van der Waals surface area contributed by atoms with E-state index in [1.165, 1.54) is 21.7 Å². The second-order valence-corrected chi connectivity index (χ2v) is 12.8. The summed E-state index contributed by atoms with van der Waals surface area (Å²) in [5.41, 5.74) is 3.19. The van der Waals surface area contributed by atoms with Crippen LogP contribution in [0.25, 0.3) is 0 Å². The minimum Gasteiger partial charge on any atom is -0.375 e. The van der Waals surface area contributed by atoms with Gasteiger partial charge in [0, 0.05) is 13.2 Å². The van der Waals surface area contributed by atoms with Gasteiger partial charge in [-0.05, 0) is 54.1 Å². The quantitative estimate of drug-likeness (QED) is 0.107. The Bertz CT molecular complexity index is 1200. The smallest absolute Gasteiger partial charge is 0.375 e. The Kier molecular flexibility index (Phi) is 12.6. The number of likely N-dealkylation sites (N-methyl/N-ethyl adjacent to an activating group) is 1. The molecule has 0 radical (unpaired) electrons. The molecule has 5 atom stereocenters. The molecule has 5 rings (SSSR count). The molecule has 0 amide bonds. The maximum atomic E-state index is 6.06. The van der Waals surface area contributed by atoms with Crippen LogP contribution in [0.2, 0.25) is 0 Å². The summed E-state index contributed by atoms with van der Waals surface area (Å²) in [5, 5.41) is 2.92. The minimum absolute atomic E-state index is 0. The third-order valence-electron chi connectivity index (χ3n) is 8.20. The molecular weight excluding hydrogens is 549 g/mol. The maximum absolute atomic E-state index is 6.06. The van der Waals surface area contributed by atoms with Crippen molar-refractivity contribution in [1.82, 2.24) is 4.90 Å². The SMILES string of the molecule is CO[C@H](c1ccccc1)[C@H](C)N(C)CC1C(c2ccccc2)C[CH-]C1P(c1ccccc1)c1ccccc1.[CH3-].[Fe+2]. The first-order chi connectivity index (χ1) is 18.7. The average Bonchev–Trinajstić information content (AvgIpc) is 3.38. The predicted molar refractivity (Wildman–Crippen MR) is 169 cm³/mol. The summed E-state index contributed by atoms with van der Waals surface area (Å²) in [6.45, 7) is 3.33. The normalized spacial score (nSPS) is 20.0. The van der Waals surface area contributed by atoms with Gasteiger partial charge in [-0.2, -0.15) is 6.42 Å². The van der Waals surface area contributed by atoms with Crippen LogP contribution in [0.3, 0.4) is 0 Å². The molecule has 2 nitrogen and oxygen atoms in total. The number of ether oxygens (including phenoxy) is 1. The van der Waals surface area contributed by atoms with E-state index in [0.717, 1.165) is 13.0 Å². The van der Waals surface area contributed by atoms with E-state index in [1.54, 1.807) is 0 Å². The van der Waals surface area contributed by atoms with E-state index >= 15 is 0 Å². The van der Waals surface area contributed by atoms with E-state index in [-0.39, 0.29) is 36.6 Å². The molecule has 40 heavy (non-hydrogen) atoms. The van der Waals surface area contributed by atoms with Crippen LogP contribution in [0.5, 0.6) is 0 Å². The molecule has 0 N–H and O–H groups in total. The molecule has 0 spiro atoms. The predicted octanol–water partition coefficient (Wildman–Crippen LogP) is 7.65. The molecule has 1 fully saturated rings. The van der Waals surface area contributed by atoms with Crippen molar-refractivity contribution >= 4 is 18.5 Å². The fourth-order valence-corrected chi connectivity index (χ4v) is 9.13.